The number of carbonyl (C=O) groups is 1. The molecule has 0 aliphatic heterocycles. The van der Waals surface area contributed by atoms with Gasteiger partial charge in [-0.3, -0.25) is 0 Å². The maximum absolute atomic E-state index is 11.6. The number of alkyl carbamates (subject to hydrolysis) is 1. The van der Waals surface area contributed by atoms with Gasteiger partial charge in [-0.25, -0.2) is 4.79 Å². The topological polar surface area (TPSA) is 38.3 Å². The van der Waals surface area contributed by atoms with Crippen molar-refractivity contribution in [1.82, 2.24) is 5.32 Å². The Morgan fingerprint density at radius 3 is 2.68 bits per heavy atom. The quantitative estimate of drug-likeness (QED) is 0.876. The van der Waals surface area contributed by atoms with Crippen molar-refractivity contribution in [3.05, 3.63) is 76.3 Å². The van der Waals surface area contributed by atoms with E-state index in [0.29, 0.717) is 11.6 Å². The predicted octanol–water partition coefficient (Wildman–Crippen LogP) is 4.59. The first kappa shape index (κ1) is 16.1. The van der Waals surface area contributed by atoms with Gasteiger partial charge >= 0.3 is 6.09 Å². The van der Waals surface area contributed by atoms with Gasteiger partial charge in [-0.2, -0.15) is 0 Å². The molecule has 0 aromatic heterocycles. The number of rotatable bonds is 5. The Balaban J connectivity index is 1.76. The molecule has 0 atom stereocenters. The molecule has 0 aliphatic carbocycles. The van der Waals surface area contributed by atoms with E-state index < -0.39 is 6.09 Å². The third-order valence-corrected chi connectivity index (χ3v) is 3.46. The number of carbonyl (C=O) groups excluding carboxylic acids is 1. The van der Waals surface area contributed by atoms with Crippen molar-refractivity contribution in [3.63, 3.8) is 0 Å². The lowest BCUT2D eigenvalue weighted by molar-refractivity contribution is 0.141. The molecule has 0 unspecified atom stereocenters. The zero-order chi connectivity index (χ0) is 15.8. The van der Waals surface area contributed by atoms with E-state index >= 15 is 0 Å². The van der Waals surface area contributed by atoms with Gasteiger partial charge in [-0.1, -0.05) is 66.2 Å². The van der Waals surface area contributed by atoms with Crippen molar-refractivity contribution >= 4 is 23.8 Å². The second-order valence-corrected chi connectivity index (χ2v) is 5.22. The first-order chi connectivity index (χ1) is 10.7. The van der Waals surface area contributed by atoms with Crippen LogP contribution in [0.3, 0.4) is 0 Å². The number of halogens is 1. The number of nitrogens with one attached hydrogen (secondary N) is 1. The molecular weight excluding hydrogens is 298 g/mol. The minimum Gasteiger partial charge on any atom is -0.445 e. The van der Waals surface area contributed by atoms with Gasteiger partial charge < -0.3 is 10.1 Å². The fourth-order valence-corrected chi connectivity index (χ4v) is 2.23. The van der Waals surface area contributed by atoms with Gasteiger partial charge in [0.05, 0.1) is 0 Å². The largest absolute Gasteiger partial charge is 0.445 e. The Labute approximate surface area is 135 Å². The van der Waals surface area contributed by atoms with E-state index in [4.69, 9.17) is 16.3 Å². The van der Waals surface area contributed by atoms with Crippen LogP contribution in [0, 0.1) is 6.92 Å². The second kappa shape index (κ2) is 8.25. The van der Waals surface area contributed by atoms with Gasteiger partial charge in [0, 0.05) is 11.6 Å². The van der Waals surface area contributed by atoms with E-state index in [1.165, 1.54) is 0 Å². The summed E-state index contributed by atoms with van der Waals surface area (Å²) in [5, 5.41) is 3.37. The standard InChI is InChI=1S/C18H18ClNO2/c1-14-7-5-11-17(19)16(14)10-6-12-20-18(21)22-13-15-8-3-2-4-9-15/h2-11H,12-13H2,1H3,(H,20,21). The molecule has 0 saturated carbocycles. The average molecular weight is 316 g/mol. The molecular formula is C18H18ClNO2. The summed E-state index contributed by atoms with van der Waals surface area (Å²) < 4.78 is 5.12. The summed E-state index contributed by atoms with van der Waals surface area (Å²) in [7, 11) is 0. The van der Waals surface area contributed by atoms with Gasteiger partial charge in [0.25, 0.3) is 0 Å². The van der Waals surface area contributed by atoms with Crippen LogP contribution in [0.2, 0.25) is 5.02 Å². The number of aryl methyl sites for hydroxylation is 1. The molecule has 1 N–H and O–H groups in total. The van der Waals surface area contributed by atoms with E-state index in [-0.39, 0.29) is 6.61 Å². The van der Waals surface area contributed by atoms with Crippen molar-refractivity contribution in [1.29, 1.82) is 0 Å². The molecule has 0 radical (unpaired) electrons. The smallest absolute Gasteiger partial charge is 0.407 e. The van der Waals surface area contributed by atoms with Gasteiger partial charge in [-0.05, 0) is 29.7 Å². The monoisotopic (exact) mass is 315 g/mol. The number of amides is 1. The number of hydrogen-bond donors (Lipinski definition) is 1. The summed E-state index contributed by atoms with van der Waals surface area (Å²) in [5.41, 5.74) is 3.01. The Morgan fingerprint density at radius 2 is 1.95 bits per heavy atom. The van der Waals surface area contributed by atoms with Gasteiger partial charge in [0.2, 0.25) is 0 Å². The summed E-state index contributed by atoms with van der Waals surface area (Å²) in [5.74, 6) is 0. The normalized spacial score (nSPS) is 10.6. The Hall–Kier alpha value is -2.26. The predicted molar refractivity (Wildman–Crippen MR) is 89.9 cm³/mol. The van der Waals surface area contributed by atoms with Crippen LogP contribution in [0.4, 0.5) is 4.79 Å². The van der Waals surface area contributed by atoms with Gasteiger partial charge in [0.15, 0.2) is 0 Å². The van der Waals surface area contributed by atoms with Crippen LogP contribution in [0.1, 0.15) is 16.7 Å². The summed E-state index contributed by atoms with van der Waals surface area (Å²) in [4.78, 5) is 11.6. The molecule has 0 bridgehead atoms. The maximum Gasteiger partial charge on any atom is 0.407 e. The Bertz CT molecular complexity index is 633. The molecule has 2 rings (SSSR count). The van der Waals surface area contributed by atoms with Crippen molar-refractivity contribution < 1.29 is 9.53 Å². The lowest BCUT2D eigenvalue weighted by Crippen LogP contribution is -2.24. The number of benzene rings is 2. The fraction of sp³-hybridized carbons (Fsp3) is 0.167. The third-order valence-electron chi connectivity index (χ3n) is 3.13. The summed E-state index contributed by atoms with van der Waals surface area (Å²) in [6.45, 7) is 2.64. The molecule has 0 fully saturated rings. The summed E-state index contributed by atoms with van der Waals surface area (Å²) >= 11 is 6.13. The molecule has 0 heterocycles. The molecule has 22 heavy (non-hydrogen) atoms. The molecule has 1 amide bonds. The lowest BCUT2D eigenvalue weighted by Gasteiger charge is -2.06. The van der Waals surface area contributed by atoms with Crippen molar-refractivity contribution in [2.24, 2.45) is 0 Å². The van der Waals surface area contributed by atoms with Crippen LogP contribution in [0.5, 0.6) is 0 Å². The van der Waals surface area contributed by atoms with Crippen molar-refractivity contribution in [2.45, 2.75) is 13.5 Å². The van der Waals surface area contributed by atoms with Crippen LogP contribution in [0.25, 0.3) is 6.08 Å². The summed E-state index contributed by atoms with van der Waals surface area (Å²) in [6.07, 6.45) is 3.30. The van der Waals surface area contributed by atoms with Gasteiger partial charge in [-0.15, -0.1) is 0 Å². The lowest BCUT2D eigenvalue weighted by atomic mass is 10.1. The molecule has 4 heteroatoms. The highest BCUT2D eigenvalue weighted by atomic mass is 35.5. The SMILES string of the molecule is Cc1cccc(Cl)c1C=CCNC(=O)OCc1ccccc1. The molecule has 3 nitrogen and oxygen atoms in total. The Morgan fingerprint density at radius 1 is 1.18 bits per heavy atom. The van der Waals surface area contributed by atoms with Crippen LogP contribution in [0.15, 0.2) is 54.6 Å². The second-order valence-electron chi connectivity index (χ2n) is 4.82. The van der Waals surface area contributed by atoms with E-state index in [0.717, 1.165) is 16.7 Å². The highest BCUT2D eigenvalue weighted by Gasteiger charge is 2.01. The molecule has 2 aromatic rings. The zero-order valence-electron chi connectivity index (χ0n) is 12.4. The third kappa shape index (κ3) is 4.93. The summed E-state index contributed by atoms with van der Waals surface area (Å²) in [6, 6.07) is 15.3. The minimum absolute atomic E-state index is 0.264. The highest BCUT2D eigenvalue weighted by molar-refractivity contribution is 6.32. The highest BCUT2D eigenvalue weighted by Crippen LogP contribution is 2.20. The van der Waals surface area contributed by atoms with Gasteiger partial charge in [0.1, 0.15) is 6.61 Å². The van der Waals surface area contributed by atoms with Crippen LogP contribution < -0.4 is 5.32 Å². The number of hydrogen-bond acceptors (Lipinski definition) is 2. The van der Waals surface area contributed by atoms with E-state index in [2.05, 4.69) is 5.32 Å². The van der Waals surface area contributed by atoms with E-state index in [1.54, 1.807) is 0 Å². The Kier molecular flexibility index (Phi) is 6.04. The molecule has 0 aliphatic rings. The molecule has 0 spiro atoms. The first-order valence-electron chi connectivity index (χ1n) is 7.03. The van der Waals surface area contributed by atoms with Crippen molar-refractivity contribution in [2.75, 3.05) is 6.54 Å². The molecule has 2 aromatic carbocycles. The molecule has 0 saturated heterocycles. The van der Waals surface area contributed by atoms with Crippen LogP contribution in [-0.2, 0) is 11.3 Å². The number of ether oxygens (including phenoxy) is 1. The van der Waals surface area contributed by atoms with E-state index in [1.807, 2.05) is 67.6 Å². The minimum atomic E-state index is -0.440. The van der Waals surface area contributed by atoms with Crippen LogP contribution >= 0.6 is 11.6 Å². The first-order valence-corrected chi connectivity index (χ1v) is 7.41. The fourth-order valence-electron chi connectivity index (χ4n) is 1.95. The average Bonchev–Trinajstić information content (AvgIpc) is 2.53. The zero-order valence-corrected chi connectivity index (χ0v) is 13.1. The van der Waals surface area contributed by atoms with Crippen LogP contribution in [-0.4, -0.2) is 12.6 Å². The maximum atomic E-state index is 11.6. The van der Waals surface area contributed by atoms with E-state index in [9.17, 15) is 4.79 Å². The van der Waals surface area contributed by atoms with Crippen molar-refractivity contribution in [3.8, 4) is 0 Å². The molecule has 114 valence electrons.